The lowest BCUT2D eigenvalue weighted by atomic mass is 10.1. The van der Waals surface area contributed by atoms with E-state index in [1.54, 1.807) is 0 Å². The van der Waals surface area contributed by atoms with Crippen LogP contribution in [0.25, 0.3) is 0 Å². The van der Waals surface area contributed by atoms with Crippen LogP contribution >= 0.6 is 11.6 Å². The first-order valence-electron chi connectivity index (χ1n) is 6.11. The molecule has 5 nitrogen and oxygen atoms in total. The Balaban J connectivity index is 1.54. The van der Waals surface area contributed by atoms with E-state index < -0.39 is 0 Å². The number of nitrogens with zero attached hydrogens (tertiary/aromatic N) is 2. The molecule has 0 radical (unpaired) electrons. The van der Waals surface area contributed by atoms with E-state index in [2.05, 4.69) is 20.5 Å². The Kier molecular flexibility index (Phi) is 3.21. The van der Waals surface area contributed by atoms with Crippen molar-refractivity contribution in [2.45, 2.75) is 18.9 Å². The highest BCUT2D eigenvalue weighted by Crippen LogP contribution is 2.47. The lowest BCUT2D eigenvalue weighted by Gasteiger charge is -2.03. The molecule has 1 aromatic carbocycles. The molecule has 2 N–H and O–H groups in total. The summed E-state index contributed by atoms with van der Waals surface area (Å²) in [5.41, 5.74) is 1.17. The van der Waals surface area contributed by atoms with Gasteiger partial charge in [-0.2, -0.15) is 5.10 Å². The van der Waals surface area contributed by atoms with Crippen LogP contribution in [0, 0.1) is 5.92 Å². The van der Waals surface area contributed by atoms with Crippen LogP contribution in [0.3, 0.4) is 0 Å². The zero-order valence-corrected chi connectivity index (χ0v) is 10.9. The summed E-state index contributed by atoms with van der Waals surface area (Å²) in [4.78, 5) is 15.9. The monoisotopic (exact) mass is 276 g/mol. The predicted octanol–water partition coefficient (Wildman–Crippen LogP) is 1.88. The fourth-order valence-corrected chi connectivity index (χ4v) is 2.31. The third-order valence-electron chi connectivity index (χ3n) is 3.32. The number of rotatable bonds is 4. The molecule has 6 heteroatoms. The first-order valence-corrected chi connectivity index (χ1v) is 6.49. The number of aromatic amines is 1. The van der Waals surface area contributed by atoms with Gasteiger partial charge < -0.3 is 5.32 Å². The van der Waals surface area contributed by atoms with Crippen LogP contribution < -0.4 is 5.32 Å². The molecule has 2 atom stereocenters. The Morgan fingerprint density at radius 3 is 2.89 bits per heavy atom. The summed E-state index contributed by atoms with van der Waals surface area (Å²) >= 11 is 5.85. The fraction of sp³-hybridized carbons (Fsp3) is 0.308. The highest BCUT2D eigenvalue weighted by molar-refractivity contribution is 6.30. The normalized spacial score (nSPS) is 21.1. The van der Waals surface area contributed by atoms with Crippen molar-refractivity contribution in [3.63, 3.8) is 0 Å². The van der Waals surface area contributed by atoms with Gasteiger partial charge in [-0.25, -0.2) is 4.98 Å². The molecule has 1 fully saturated rings. The van der Waals surface area contributed by atoms with E-state index >= 15 is 0 Å². The Bertz CT molecular complexity index is 567. The van der Waals surface area contributed by atoms with Crippen molar-refractivity contribution in [1.29, 1.82) is 0 Å². The number of carbonyl (C=O) groups is 1. The predicted molar refractivity (Wildman–Crippen MR) is 70.5 cm³/mol. The molecule has 3 rings (SSSR count). The van der Waals surface area contributed by atoms with Gasteiger partial charge in [0.1, 0.15) is 12.2 Å². The van der Waals surface area contributed by atoms with E-state index in [1.807, 2.05) is 24.3 Å². The molecule has 98 valence electrons. The van der Waals surface area contributed by atoms with Gasteiger partial charge in [-0.3, -0.25) is 9.89 Å². The van der Waals surface area contributed by atoms with Crippen molar-refractivity contribution >= 4 is 17.5 Å². The van der Waals surface area contributed by atoms with E-state index in [-0.39, 0.29) is 11.8 Å². The van der Waals surface area contributed by atoms with E-state index in [0.717, 1.165) is 11.4 Å². The number of hydrogen-bond acceptors (Lipinski definition) is 3. The molecule has 1 aromatic heterocycles. The zero-order valence-electron chi connectivity index (χ0n) is 10.1. The van der Waals surface area contributed by atoms with Gasteiger partial charge in [0.25, 0.3) is 0 Å². The lowest BCUT2D eigenvalue weighted by molar-refractivity contribution is -0.122. The molecule has 0 unspecified atom stereocenters. The molecule has 1 heterocycles. The van der Waals surface area contributed by atoms with Crippen molar-refractivity contribution in [3.8, 4) is 0 Å². The summed E-state index contributed by atoms with van der Waals surface area (Å²) in [5.74, 6) is 1.10. The summed E-state index contributed by atoms with van der Waals surface area (Å²) < 4.78 is 0. The maximum absolute atomic E-state index is 12.0. The molecule has 0 aliphatic heterocycles. The first-order chi connectivity index (χ1) is 9.24. The maximum atomic E-state index is 12.0. The Morgan fingerprint density at radius 2 is 2.21 bits per heavy atom. The third-order valence-corrected chi connectivity index (χ3v) is 3.57. The second kappa shape index (κ2) is 5.01. The summed E-state index contributed by atoms with van der Waals surface area (Å²) in [6, 6.07) is 7.69. The van der Waals surface area contributed by atoms with Crippen LogP contribution in [0.2, 0.25) is 5.02 Å². The van der Waals surface area contributed by atoms with Crippen molar-refractivity contribution < 1.29 is 4.79 Å². The maximum Gasteiger partial charge on any atom is 0.224 e. The van der Waals surface area contributed by atoms with Crippen molar-refractivity contribution in [2.24, 2.45) is 5.92 Å². The van der Waals surface area contributed by atoms with E-state index in [4.69, 9.17) is 11.6 Å². The van der Waals surface area contributed by atoms with Gasteiger partial charge in [-0.05, 0) is 30.0 Å². The highest BCUT2D eigenvalue weighted by Gasteiger charge is 2.43. The Hall–Kier alpha value is -1.88. The molecule has 1 saturated carbocycles. The smallest absolute Gasteiger partial charge is 0.224 e. The van der Waals surface area contributed by atoms with Gasteiger partial charge >= 0.3 is 0 Å². The number of aromatic nitrogens is 3. The second-order valence-corrected chi connectivity index (χ2v) is 5.09. The lowest BCUT2D eigenvalue weighted by Crippen LogP contribution is -2.25. The van der Waals surface area contributed by atoms with E-state index in [9.17, 15) is 4.79 Å². The van der Waals surface area contributed by atoms with Crippen LogP contribution in [-0.2, 0) is 11.3 Å². The van der Waals surface area contributed by atoms with E-state index in [0.29, 0.717) is 18.3 Å². The van der Waals surface area contributed by atoms with Gasteiger partial charge in [0.2, 0.25) is 5.91 Å². The minimum Gasteiger partial charge on any atom is -0.349 e. The standard InChI is InChI=1S/C13H13ClN4O/c14-9-3-1-8(2-4-9)10-5-11(10)13(19)15-6-12-16-7-17-18-12/h1-4,7,10-11H,5-6H2,(H,15,19)(H,16,17,18)/t10-,11+/m0/s1. The molecule has 1 aliphatic rings. The zero-order chi connectivity index (χ0) is 13.2. The quantitative estimate of drug-likeness (QED) is 0.896. The number of nitrogens with one attached hydrogen (secondary N) is 2. The topological polar surface area (TPSA) is 70.7 Å². The Morgan fingerprint density at radius 1 is 1.42 bits per heavy atom. The second-order valence-electron chi connectivity index (χ2n) is 4.65. The number of amides is 1. The summed E-state index contributed by atoms with van der Waals surface area (Å²) in [7, 11) is 0. The van der Waals surface area contributed by atoms with Crippen molar-refractivity contribution in [1.82, 2.24) is 20.5 Å². The molecular formula is C13H13ClN4O. The van der Waals surface area contributed by atoms with Gasteiger partial charge in [0.05, 0.1) is 6.54 Å². The molecular weight excluding hydrogens is 264 g/mol. The van der Waals surface area contributed by atoms with Crippen LogP contribution in [0.1, 0.15) is 23.7 Å². The molecule has 0 saturated heterocycles. The Labute approximate surface area is 115 Å². The first kappa shape index (κ1) is 12.2. The summed E-state index contributed by atoms with van der Waals surface area (Å²) in [5, 5.41) is 10.0. The minimum absolute atomic E-state index is 0.0593. The number of carbonyl (C=O) groups excluding carboxylic acids is 1. The third kappa shape index (κ3) is 2.76. The fourth-order valence-electron chi connectivity index (χ4n) is 2.18. The number of benzene rings is 1. The molecule has 19 heavy (non-hydrogen) atoms. The average molecular weight is 277 g/mol. The average Bonchev–Trinajstić information content (AvgIpc) is 3.05. The van der Waals surface area contributed by atoms with Crippen LogP contribution in [0.5, 0.6) is 0 Å². The van der Waals surface area contributed by atoms with Crippen molar-refractivity contribution in [3.05, 3.63) is 47.0 Å². The largest absolute Gasteiger partial charge is 0.349 e. The van der Waals surface area contributed by atoms with Crippen molar-refractivity contribution in [2.75, 3.05) is 0 Å². The number of H-pyrrole nitrogens is 1. The SMILES string of the molecule is O=C(NCc1ncn[nH]1)[C@@H]1C[C@H]1c1ccc(Cl)cc1. The van der Waals surface area contributed by atoms with Gasteiger partial charge in [-0.15, -0.1) is 0 Å². The molecule has 1 amide bonds. The molecule has 1 aliphatic carbocycles. The minimum atomic E-state index is 0.0593. The van der Waals surface area contributed by atoms with Gasteiger partial charge in [0, 0.05) is 10.9 Å². The molecule has 0 bridgehead atoms. The van der Waals surface area contributed by atoms with E-state index in [1.165, 1.54) is 11.9 Å². The summed E-state index contributed by atoms with van der Waals surface area (Å²) in [6.07, 6.45) is 2.32. The summed E-state index contributed by atoms with van der Waals surface area (Å²) in [6.45, 7) is 0.392. The number of halogens is 1. The number of hydrogen-bond donors (Lipinski definition) is 2. The molecule has 2 aromatic rings. The van der Waals surface area contributed by atoms with Crippen LogP contribution in [0.15, 0.2) is 30.6 Å². The highest BCUT2D eigenvalue weighted by atomic mass is 35.5. The van der Waals surface area contributed by atoms with Gasteiger partial charge in [-0.1, -0.05) is 23.7 Å². The molecule has 0 spiro atoms. The van der Waals surface area contributed by atoms with Gasteiger partial charge in [0.15, 0.2) is 0 Å². The van der Waals surface area contributed by atoms with Crippen LogP contribution in [-0.4, -0.2) is 21.1 Å². The van der Waals surface area contributed by atoms with Crippen LogP contribution in [0.4, 0.5) is 0 Å².